The molecule has 104 valence electrons. The van der Waals surface area contributed by atoms with E-state index in [0.29, 0.717) is 18.1 Å². The average Bonchev–Trinajstić information content (AvgIpc) is 2.64. The Morgan fingerprint density at radius 1 is 1.42 bits per heavy atom. The van der Waals surface area contributed by atoms with Crippen LogP contribution in [0.4, 0.5) is 0 Å². The number of nitrogens with zero attached hydrogens (tertiary/aromatic N) is 4. The van der Waals surface area contributed by atoms with Crippen molar-refractivity contribution in [1.29, 1.82) is 0 Å². The first-order valence-corrected chi connectivity index (χ1v) is 6.51. The third-order valence-corrected chi connectivity index (χ3v) is 2.85. The summed E-state index contributed by atoms with van der Waals surface area (Å²) >= 11 is 0. The third kappa shape index (κ3) is 3.41. The van der Waals surface area contributed by atoms with E-state index in [1.54, 1.807) is 18.6 Å². The lowest BCUT2D eigenvalue weighted by Gasteiger charge is -2.23. The van der Waals surface area contributed by atoms with Gasteiger partial charge in [0.25, 0.3) is 0 Å². The summed E-state index contributed by atoms with van der Waals surface area (Å²) in [6.07, 6.45) is 4.82. The fourth-order valence-corrected chi connectivity index (χ4v) is 1.84. The van der Waals surface area contributed by atoms with Crippen LogP contribution in [0.2, 0.25) is 0 Å². The van der Waals surface area contributed by atoms with Gasteiger partial charge in [-0.25, -0.2) is 13.9 Å². The molecule has 6 nitrogen and oxygen atoms in total. The molecule has 2 aromatic rings. The van der Waals surface area contributed by atoms with Gasteiger partial charge in [0.1, 0.15) is 0 Å². The first-order valence-electron chi connectivity index (χ1n) is 6.51. The molecule has 0 aliphatic rings. The van der Waals surface area contributed by atoms with Crippen molar-refractivity contribution in [3.63, 3.8) is 0 Å². The zero-order chi connectivity index (χ0) is 14.0. The monoisotopic (exact) mass is 263 g/mol. The van der Waals surface area contributed by atoms with Crippen molar-refractivity contribution in [2.75, 3.05) is 6.54 Å². The Hall–Kier alpha value is -1.69. The summed E-state index contributed by atoms with van der Waals surface area (Å²) in [4.78, 5) is 16.0. The maximum atomic E-state index is 12.1. The Labute approximate surface area is 112 Å². The maximum Gasteiger partial charge on any atom is 0.350 e. The van der Waals surface area contributed by atoms with Crippen molar-refractivity contribution in [3.05, 3.63) is 29.1 Å². The molecule has 2 heterocycles. The summed E-state index contributed by atoms with van der Waals surface area (Å²) in [6.45, 7) is 9.94. The van der Waals surface area contributed by atoms with Crippen LogP contribution in [0.25, 0.3) is 5.65 Å². The molecule has 2 rings (SSSR count). The first-order chi connectivity index (χ1) is 8.87. The summed E-state index contributed by atoms with van der Waals surface area (Å²) in [5.41, 5.74) is 0.561. The third-order valence-electron chi connectivity index (χ3n) is 2.85. The van der Waals surface area contributed by atoms with Crippen LogP contribution in [-0.2, 0) is 6.54 Å². The van der Waals surface area contributed by atoms with Crippen LogP contribution >= 0.6 is 0 Å². The number of aromatic nitrogens is 4. The molecule has 19 heavy (non-hydrogen) atoms. The molecule has 1 unspecified atom stereocenters. The Morgan fingerprint density at radius 3 is 2.79 bits per heavy atom. The van der Waals surface area contributed by atoms with Gasteiger partial charge in [-0.3, -0.25) is 4.98 Å². The van der Waals surface area contributed by atoms with E-state index in [2.05, 4.69) is 43.1 Å². The topological polar surface area (TPSA) is 64.2 Å². The molecule has 0 aliphatic carbocycles. The Balaban J connectivity index is 2.09. The number of nitrogens with one attached hydrogen (secondary N) is 1. The van der Waals surface area contributed by atoms with E-state index in [9.17, 15) is 4.79 Å². The smallest absolute Gasteiger partial charge is 0.312 e. The minimum Gasteiger partial charge on any atom is -0.312 e. The van der Waals surface area contributed by atoms with Crippen LogP contribution in [0.5, 0.6) is 0 Å². The van der Waals surface area contributed by atoms with Gasteiger partial charge in [-0.1, -0.05) is 6.92 Å². The summed E-state index contributed by atoms with van der Waals surface area (Å²) in [6, 6.07) is 0. The number of fused-ring (bicyclic) bond motifs is 1. The minimum absolute atomic E-state index is 0.0854. The van der Waals surface area contributed by atoms with Crippen LogP contribution in [0.3, 0.4) is 0 Å². The van der Waals surface area contributed by atoms with E-state index in [1.807, 2.05) is 0 Å². The lowest BCUT2D eigenvalue weighted by molar-refractivity contribution is 0.349. The van der Waals surface area contributed by atoms with E-state index in [1.165, 1.54) is 9.08 Å². The summed E-state index contributed by atoms with van der Waals surface area (Å²) < 4.78 is 3.02. The largest absolute Gasteiger partial charge is 0.350 e. The molecular formula is C13H21N5O. The lowest BCUT2D eigenvalue weighted by atomic mass is 10.1. The zero-order valence-electron chi connectivity index (χ0n) is 11.9. The van der Waals surface area contributed by atoms with Gasteiger partial charge in [0.15, 0.2) is 5.65 Å². The molecule has 0 fully saturated rings. The van der Waals surface area contributed by atoms with Gasteiger partial charge < -0.3 is 5.32 Å². The van der Waals surface area contributed by atoms with E-state index >= 15 is 0 Å². The highest BCUT2D eigenvalue weighted by Gasteiger charge is 2.13. The van der Waals surface area contributed by atoms with E-state index in [0.717, 1.165) is 6.54 Å². The molecule has 0 saturated heterocycles. The fourth-order valence-electron chi connectivity index (χ4n) is 1.84. The number of hydrogen-bond donors (Lipinski definition) is 1. The zero-order valence-corrected chi connectivity index (χ0v) is 11.9. The predicted octanol–water partition coefficient (Wildman–Crippen LogP) is 0.915. The second-order valence-corrected chi connectivity index (χ2v) is 6.01. The van der Waals surface area contributed by atoms with Crippen molar-refractivity contribution < 1.29 is 0 Å². The van der Waals surface area contributed by atoms with Crippen molar-refractivity contribution >= 4 is 5.65 Å². The van der Waals surface area contributed by atoms with Gasteiger partial charge in [-0.2, -0.15) is 0 Å². The molecule has 0 spiro atoms. The summed E-state index contributed by atoms with van der Waals surface area (Å²) in [5, 5.41) is 7.71. The quantitative estimate of drug-likeness (QED) is 0.890. The number of hydrogen-bond acceptors (Lipinski definition) is 4. The van der Waals surface area contributed by atoms with Crippen molar-refractivity contribution in [1.82, 2.24) is 24.5 Å². The van der Waals surface area contributed by atoms with Crippen molar-refractivity contribution in [3.8, 4) is 0 Å². The molecule has 0 aliphatic heterocycles. The van der Waals surface area contributed by atoms with E-state index in [4.69, 9.17) is 0 Å². The highest BCUT2D eigenvalue weighted by molar-refractivity contribution is 5.31. The van der Waals surface area contributed by atoms with Gasteiger partial charge in [0.2, 0.25) is 0 Å². The molecule has 0 aromatic carbocycles. The van der Waals surface area contributed by atoms with Crippen LogP contribution in [-0.4, -0.2) is 31.2 Å². The normalized spacial score (nSPS) is 13.9. The van der Waals surface area contributed by atoms with Crippen molar-refractivity contribution in [2.24, 2.45) is 5.92 Å². The van der Waals surface area contributed by atoms with E-state index < -0.39 is 0 Å². The molecule has 0 amide bonds. The molecule has 6 heteroatoms. The molecule has 0 saturated carbocycles. The lowest BCUT2D eigenvalue weighted by Crippen LogP contribution is -2.40. The maximum absolute atomic E-state index is 12.1. The van der Waals surface area contributed by atoms with Crippen LogP contribution < -0.4 is 11.0 Å². The second kappa shape index (κ2) is 5.13. The molecule has 1 atom stereocenters. The highest BCUT2D eigenvalue weighted by atomic mass is 16.2. The van der Waals surface area contributed by atoms with Crippen LogP contribution in [0.15, 0.2) is 23.4 Å². The van der Waals surface area contributed by atoms with Gasteiger partial charge in [-0.05, 0) is 33.2 Å². The molecular weight excluding hydrogens is 242 g/mol. The number of rotatable bonds is 4. The average molecular weight is 263 g/mol. The summed E-state index contributed by atoms with van der Waals surface area (Å²) in [5.74, 6) is 0.329. The Kier molecular flexibility index (Phi) is 3.71. The molecule has 0 bridgehead atoms. The SMILES string of the molecule is CC(CNC(C)(C)C)Cn1nc2cnccn2c1=O. The first kappa shape index (κ1) is 13.7. The van der Waals surface area contributed by atoms with Crippen LogP contribution in [0, 0.1) is 5.92 Å². The molecule has 2 aromatic heterocycles. The van der Waals surface area contributed by atoms with Gasteiger partial charge >= 0.3 is 5.69 Å². The molecule has 0 radical (unpaired) electrons. The highest BCUT2D eigenvalue weighted by Crippen LogP contribution is 2.03. The summed E-state index contributed by atoms with van der Waals surface area (Å²) in [7, 11) is 0. The predicted molar refractivity (Wildman–Crippen MR) is 74.2 cm³/mol. The van der Waals surface area contributed by atoms with Gasteiger partial charge in [0.05, 0.1) is 12.7 Å². The van der Waals surface area contributed by atoms with Gasteiger partial charge in [-0.15, -0.1) is 5.10 Å². The van der Waals surface area contributed by atoms with E-state index in [-0.39, 0.29) is 11.2 Å². The minimum atomic E-state index is -0.111. The molecule has 1 N–H and O–H groups in total. The van der Waals surface area contributed by atoms with Crippen molar-refractivity contribution in [2.45, 2.75) is 39.8 Å². The fraction of sp³-hybridized carbons (Fsp3) is 0.615. The van der Waals surface area contributed by atoms with Crippen LogP contribution in [0.1, 0.15) is 27.7 Å². The Morgan fingerprint density at radius 2 is 2.16 bits per heavy atom. The van der Waals surface area contributed by atoms with Gasteiger partial charge in [0, 0.05) is 17.9 Å². The Bertz CT molecular complexity index is 607. The second-order valence-electron chi connectivity index (χ2n) is 6.01. The standard InChI is InChI=1S/C13H21N5O/c1-10(7-15-13(2,3)4)9-18-12(19)17-6-5-14-8-11(17)16-18/h5-6,8,10,15H,7,9H2,1-4H3.